The molecule has 4 heteroatoms. The van der Waals surface area contributed by atoms with E-state index in [1.807, 2.05) is 17.0 Å². The zero-order valence-electron chi connectivity index (χ0n) is 12.4. The maximum absolute atomic E-state index is 12.5. The maximum atomic E-state index is 12.5. The van der Waals surface area contributed by atoms with E-state index >= 15 is 0 Å². The number of benzene rings is 1. The van der Waals surface area contributed by atoms with Crippen molar-refractivity contribution in [2.24, 2.45) is 0 Å². The molecule has 0 saturated heterocycles. The third kappa shape index (κ3) is 2.43. The number of hydrogen-bond donors (Lipinski definition) is 0. The van der Waals surface area contributed by atoms with Gasteiger partial charge >= 0.3 is 5.97 Å². The number of ether oxygens (including phenoxy) is 1. The third-order valence-corrected chi connectivity index (χ3v) is 4.86. The first-order valence-electron chi connectivity index (χ1n) is 7.63. The summed E-state index contributed by atoms with van der Waals surface area (Å²) in [7, 11) is 1.35. The van der Waals surface area contributed by atoms with Crippen molar-refractivity contribution < 1.29 is 14.3 Å². The van der Waals surface area contributed by atoms with E-state index in [-0.39, 0.29) is 30.1 Å². The molecule has 1 fully saturated rings. The van der Waals surface area contributed by atoms with Crippen LogP contribution in [-0.2, 0) is 19.7 Å². The van der Waals surface area contributed by atoms with Crippen LogP contribution in [0.4, 0.5) is 5.69 Å². The molecule has 2 aliphatic rings. The molecule has 0 radical (unpaired) electrons. The number of rotatable bonds is 3. The highest BCUT2D eigenvalue weighted by Crippen LogP contribution is 2.50. The number of methoxy groups -OCH3 is 1. The summed E-state index contributed by atoms with van der Waals surface area (Å²) in [5.74, 6) is -0.303. The van der Waals surface area contributed by atoms with Crippen molar-refractivity contribution in [3.05, 3.63) is 29.8 Å². The Balaban J connectivity index is 1.81. The molecule has 1 aliphatic heterocycles. The number of amides is 1. The third-order valence-electron chi connectivity index (χ3n) is 4.86. The first kappa shape index (κ1) is 14.1. The predicted molar refractivity (Wildman–Crippen MR) is 80.2 cm³/mol. The summed E-state index contributed by atoms with van der Waals surface area (Å²) in [6.07, 6.45) is 5.16. The van der Waals surface area contributed by atoms with E-state index in [2.05, 4.69) is 16.9 Å². The maximum Gasteiger partial charge on any atom is 0.306 e. The first-order valence-corrected chi connectivity index (χ1v) is 7.63. The fourth-order valence-corrected chi connectivity index (χ4v) is 3.78. The fraction of sp³-hybridized carbons (Fsp3) is 0.529. The lowest BCUT2D eigenvalue weighted by Crippen LogP contribution is -2.35. The van der Waals surface area contributed by atoms with Gasteiger partial charge in [0.2, 0.25) is 5.91 Å². The normalized spacial score (nSPS) is 18.8. The van der Waals surface area contributed by atoms with Crippen molar-refractivity contribution >= 4 is 17.6 Å². The van der Waals surface area contributed by atoms with Crippen molar-refractivity contribution in [2.75, 3.05) is 18.6 Å². The largest absolute Gasteiger partial charge is 0.469 e. The highest BCUT2D eigenvalue weighted by atomic mass is 16.5. The van der Waals surface area contributed by atoms with Gasteiger partial charge in [0.15, 0.2) is 0 Å². The molecule has 1 spiro atoms. The smallest absolute Gasteiger partial charge is 0.306 e. The number of esters is 1. The van der Waals surface area contributed by atoms with Crippen LogP contribution in [0.1, 0.15) is 44.1 Å². The van der Waals surface area contributed by atoms with E-state index in [1.165, 1.54) is 25.5 Å². The number of anilines is 1. The predicted octanol–water partition coefficient (Wildman–Crippen LogP) is 2.80. The van der Waals surface area contributed by atoms with Gasteiger partial charge in [-0.1, -0.05) is 31.0 Å². The number of hydrogen-bond acceptors (Lipinski definition) is 3. The molecule has 112 valence electrons. The molecule has 1 aromatic rings. The SMILES string of the molecule is COC(=O)CCC(=O)N1CC2(CCCC2)c2ccccc21. The molecule has 1 aliphatic carbocycles. The van der Waals surface area contributed by atoms with Crippen molar-refractivity contribution in [3.8, 4) is 0 Å². The van der Waals surface area contributed by atoms with Crippen LogP contribution in [0.3, 0.4) is 0 Å². The van der Waals surface area contributed by atoms with Gasteiger partial charge in [-0.15, -0.1) is 0 Å². The highest BCUT2D eigenvalue weighted by Gasteiger charge is 2.45. The summed E-state index contributed by atoms with van der Waals surface area (Å²) >= 11 is 0. The molecule has 1 aromatic carbocycles. The Morgan fingerprint density at radius 1 is 1.19 bits per heavy atom. The minimum Gasteiger partial charge on any atom is -0.469 e. The summed E-state index contributed by atoms with van der Waals surface area (Å²) < 4.78 is 4.62. The van der Waals surface area contributed by atoms with Crippen LogP contribution in [0.15, 0.2) is 24.3 Å². The molecule has 1 heterocycles. The molecule has 21 heavy (non-hydrogen) atoms. The molecule has 0 bridgehead atoms. The molecule has 0 N–H and O–H groups in total. The molecular weight excluding hydrogens is 266 g/mol. The minimum absolute atomic E-state index is 0.0247. The van der Waals surface area contributed by atoms with Gasteiger partial charge in [0, 0.05) is 24.1 Å². The van der Waals surface area contributed by atoms with Crippen molar-refractivity contribution in [1.82, 2.24) is 0 Å². The van der Waals surface area contributed by atoms with Gasteiger partial charge in [0.05, 0.1) is 13.5 Å². The quantitative estimate of drug-likeness (QED) is 0.803. The Morgan fingerprint density at radius 3 is 2.62 bits per heavy atom. The lowest BCUT2D eigenvalue weighted by Gasteiger charge is -2.24. The molecule has 1 saturated carbocycles. The van der Waals surface area contributed by atoms with Gasteiger partial charge in [0.1, 0.15) is 0 Å². The van der Waals surface area contributed by atoms with E-state index in [4.69, 9.17) is 0 Å². The molecule has 3 rings (SSSR count). The van der Waals surface area contributed by atoms with E-state index < -0.39 is 0 Å². The van der Waals surface area contributed by atoms with E-state index in [0.29, 0.717) is 0 Å². The van der Waals surface area contributed by atoms with Crippen LogP contribution in [-0.4, -0.2) is 25.5 Å². The Morgan fingerprint density at radius 2 is 1.90 bits per heavy atom. The van der Waals surface area contributed by atoms with Crippen LogP contribution in [0.2, 0.25) is 0 Å². The summed E-state index contributed by atoms with van der Waals surface area (Å²) in [4.78, 5) is 25.6. The Kier molecular flexibility index (Phi) is 3.70. The van der Waals surface area contributed by atoms with Crippen LogP contribution in [0.5, 0.6) is 0 Å². The van der Waals surface area contributed by atoms with Gasteiger partial charge in [-0.2, -0.15) is 0 Å². The Labute approximate surface area is 125 Å². The summed E-state index contributed by atoms with van der Waals surface area (Å²) in [6, 6.07) is 8.22. The zero-order chi connectivity index (χ0) is 14.9. The highest BCUT2D eigenvalue weighted by molar-refractivity contribution is 5.97. The average Bonchev–Trinajstić information content (AvgIpc) is 3.12. The van der Waals surface area contributed by atoms with Gasteiger partial charge < -0.3 is 9.64 Å². The van der Waals surface area contributed by atoms with Crippen LogP contribution in [0.25, 0.3) is 0 Å². The number of fused-ring (bicyclic) bond motifs is 2. The molecule has 0 aromatic heterocycles. The number of para-hydroxylation sites is 1. The lowest BCUT2D eigenvalue weighted by atomic mass is 9.81. The number of carbonyl (C=O) groups is 2. The van der Waals surface area contributed by atoms with Crippen LogP contribution in [0, 0.1) is 0 Å². The fourth-order valence-electron chi connectivity index (χ4n) is 3.78. The van der Waals surface area contributed by atoms with E-state index in [1.54, 1.807) is 0 Å². The molecule has 0 atom stereocenters. The summed E-state index contributed by atoms with van der Waals surface area (Å²) in [5, 5.41) is 0. The lowest BCUT2D eigenvalue weighted by molar-refractivity contribution is -0.141. The Bertz CT molecular complexity index is 561. The van der Waals surface area contributed by atoms with Gasteiger partial charge in [-0.05, 0) is 24.5 Å². The first-order chi connectivity index (χ1) is 10.2. The van der Waals surface area contributed by atoms with Crippen LogP contribution >= 0.6 is 0 Å². The van der Waals surface area contributed by atoms with Crippen molar-refractivity contribution in [3.63, 3.8) is 0 Å². The van der Waals surface area contributed by atoms with Crippen LogP contribution < -0.4 is 4.90 Å². The van der Waals surface area contributed by atoms with E-state index in [9.17, 15) is 9.59 Å². The number of carbonyl (C=O) groups excluding carboxylic acids is 2. The average molecular weight is 287 g/mol. The number of nitrogens with zero attached hydrogens (tertiary/aromatic N) is 1. The van der Waals surface area contributed by atoms with Gasteiger partial charge in [-0.25, -0.2) is 0 Å². The summed E-state index contributed by atoms with van der Waals surface area (Å²) in [6.45, 7) is 0.770. The second kappa shape index (κ2) is 5.51. The molecule has 0 unspecified atom stereocenters. The zero-order valence-corrected chi connectivity index (χ0v) is 12.4. The van der Waals surface area contributed by atoms with Crippen molar-refractivity contribution in [2.45, 2.75) is 43.9 Å². The second-order valence-electron chi connectivity index (χ2n) is 6.06. The second-order valence-corrected chi connectivity index (χ2v) is 6.06. The van der Waals surface area contributed by atoms with Gasteiger partial charge in [-0.3, -0.25) is 9.59 Å². The molecule has 4 nitrogen and oxygen atoms in total. The summed E-state index contributed by atoms with van der Waals surface area (Å²) in [5.41, 5.74) is 2.50. The Hall–Kier alpha value is -1.84. The molecule has 1 amide bonds. The monoisotopic (exact) mass is 287 g/mol. The van der Waals surface area contributed by atoms with E-state index in [0.717, 1.165) is 25.1 Å². The standard InChI is InChI=1S/C17H21NO3/c1-21-16(20)9-8-15(19)18-12-17(10-4-5-11-17)13-6-2-3-7-14(13)18/h2-3,6-7H,4-5,8-12H2,1H3. The van der Waals surface area contributed by atoms with Crippen molar-refractivity contribution in [1.29, 1.82) is 0 Å². The van der Waals surface area contributed by atoms with Gasteiger partial charge in [0.25, 0.3) is 0 Å². The molecular formula is C17H21NO3. The minimum atomic E-state index is -0.327. The topological polar surface area (TPSA) is 46.6 Å².